The van der Waals surface area contributed by atoms with Gasteiger partial charge in [0.15, 0.2) is 0 Å². The minimum atomic E-state index is 0.128. The van der Waals surface area contributed by atoms with E-state index in [2.05, 4.69) is 5.32 Å². The molecule has 0 bridgehead atoms. The number of nitrogens with one attached hydrogen (secondary N) is 1. The number of hydrogen-bond acceptors (Lipinski definition) is 2. The lowest BCUT2D eigenvalue weighted by atomic mass is 9.92. The van der Waals surface area contributed by atoms with Crippen molar-refractivity contribution in [3.63, 3.8) is 0 Å². The molecule has 3 rings (SSSR count). The number of amides is 1. The second kappa shape index (κ2) is 3.37. The molecule has 3 heteroatoms. The van der Waals surface area contributed by atoms with Gasteiger partial charge in [-0.25, -0.2) is 0 Å². The number of carbonyl (C=O) groups excluding carboxylic acids is 1. The predicted molar refractivity (Wildman–Crippen MR) is 61.2 cm³/mol. The minimum Gasteiger partial charge on any atom is -0.464 e. The summed E-state index contributed by atoms with van der Waals surface area (Å²) in [6.45, 7) is 2.04. The van der Waals surface area contributed by atoms with Crippen molar-refractivity contribution in [3.05, 3.63) is 36.1 Å². The number of furan rings is 1. The maximum Gasteiger partial charge on any atom is 0.220 e. The van der Waals surface area contributed by atoms with Crippen LogP contribution in [0.1, 0.15) is 24.8 Å². The molecule has 0 radical (unpaired) electrons. The van der Waals surface area contributed by atoms with Crippen molar-refractivity contribution < 1.29 is 9.21 Å². The summed E-state index contributed by atoms with van der Waals surface area (Å²) in [5.41, 5.74) is 2.03. The lowest BCUT2D eigenvalue weighted by molar-refractivity contribution is -0.119. The summed E-state index contributed by atoms with van der Waals surface area (Å²) in [7, 11) is 0. The summed E-state index contributed by atoms with van der Waals surface area (Å²) in [6.07, 6.45) is 2.34. The van der Waals surface area contributed by atoms with Crippen molar-refractivity contribution in [2.24, 2.45) is 0 Å². The molecular weight excluding hydrogens is 202 g/mol. The van der Waals surface area contributed by atoms with E-state index in [0.717, 1.165) is 16.5 Å². The first kappa shape index (κ1) is 9.46. The van der Waals surface area contributed by atoms with Crippen LogP contribution in [0.3, 0.4) is 0 Å². The molecule has 1 N–H and O–H groups in total. The van der Waals surface area contributed by atoms with Gasteiger partial charge < -0.3 is 9.73 Å². The summed E-state index contributed by atoms with van der Waals surface area (Å²) in [4.78, 5) is 11.4. The van der Waals surface area contributed by atoms with Gasteiger partial charge in [-0.3, -0.25) is 4.79 Å². The third kappa shape index (κ3) is 1.32. The van der Waals surface area contributed by atoms with Gasteiger partial charge in [0.25, 0.3) is 0 Å². The molecule has 2 aromatic rings. The molecule has 2 unspecified atom stereocenters. The smallest absolute Gasteiger partial charge is 0.220 e. The molecule has 0 spiro atoms. The maximum absolute atomic E-state index is 11.4. The van der Waals surface area contributed by atoms with Crippen molar-refractivity contribution in [3.8, 4) is 0 Å². The van der Waals surface area contributed by atoms with Crippen molar-refractivity contribution >= 4 is 16.9 Å². The SMILES string of the molecule is CC1NC(=O)CC1c1coc2ccccc12. The van der Waals surface area contributed by atoms with Crippen LogP contribution in [-0.4, -0.2) is 11.9 Å². The highest BCUT2D eigenvalue weighted by Gasteiger charge is 2.32. The molecule has 1 aliphatic rings. The quantitative estimate of drug-likeness (QED) is 0.793. The zero-order chi connectivity index (χ0) is 11.1. The van der Waals surface area contributed by atoms with Crippen molar-refractivity contribution in [1.29, 1.82) is 0 Å². The Hall–Kier alpha value is -1.77. The van der Waals surface area contributed by atoms with E-state index in [-0.39, 0.29) is 17.9 Å². The predicted octanol–water partition coefficient (Wildman–Crippen LogP) is 2.42. The minimum absolute atomic E-state index is 0.128. The van der Waals surface area contributed by atoms with E-state index in [0.29, 0.717) is 6.42 Å². The fourth-order valence-electron chi connectivity index (χ4n) is 2.45. The molecule has 1 saturated heterocycles. The molecule has 82 valence electrons. The van der Waals surface area contributed by atoms with Crippen LogP contribution in [0.25, 0.3) is 11.0 Å². The second-order valence-corrected chi connectivity index (χ2v) is 4.35. The Morgan fingerprint density at radius 3 is 2.94 bits per heavy atom. The zero-order valence-corrected chi connectivity index (χ0v) is 9.07. The van der Waals surface area contributed by atoms with E-state index < -0.39 is 0 Å². The van der Waals surface area contributed by atoms with Gasteiger partial charge in [-0.15, -0.1) is 0 Å². The van der Waals surface area contributed by atoms with Crippen LogP contribution in [0.5, 0.6) is 0 Å². The van der Waals surface area contributed by atoms with Gasteiger partial charge in [-0.1, -0.05) is 18.2 Å². The summed E-state index contributed by atoms with van der Waals surface area (Å²) in [5, 5.41) is 4.06. The van der Waals surface area contributed by atoms with E-state index in [1.54, 1.807) is 6.26 Å². The van der Waals surface area contributed by atoms with Gasteiger partial charge >= 0.3 is 0 Å². The molecule has 1 fully saturated rings. The number of benzene rings is 1. The first-order valence-corrected chi connectivity index (χ1v) is 5.51. The highest BCUT2D eigenvalue weighted by molar-refractivity contribution is 5.85. The maximum atomic E-state index is 11.4. The zero-order valence-electron chi connectivity index (χ0n) is 9.07. The molecule has 3 nitrogen and oxygen atoms in total. The van der Waals surface area contributed by atoms with E-state index in [4.69, 9.17) is 4.42 Å². The second-order valence-electron chi connectivity index (χ2n) is 4.35. The molecule has 0 saturated carbocycles. The molecule has 1 aromatic carbocycles. The topological polar surface area (TPSA) is 42.2 Å². The lowest BCUT2D eigenvalue weighted by Crippen LogP contribution is -2.24. The molecule has 0 aliphatic carbocycles. The van der Waals surface area contributed by atoms with E-state index in [1.165, 1.54) is 0 Å². The van der Waals surface area contributed by atoms with Gasteiger partial charge in [-0.05, 0) is 13.0 Å². The van der Waals surface area contributed by atoms with Crippen LogP contribution >= 0.6 is 0 Å². The number of hydrogen-bond donors (Lipinski definition) is 1. The summed E-state index contributed by atoms with van der Waals surface area (Å²) >= 11 is 0. The van der Waals surface area contributed by atoms with Crippen LogP contribution in [0, 0.1) is 0 Å². The van der Waals surface area contributed by atoms with Crippen LogP contribution in [-0.2, 0) is 4.79 Å². The Morgan fingerprint density at radius 1 is 1.38 bits per heavy atom. The Bertz CT molecular complexity index is 544. The van der Waals surface area contributed by atoms with E-state index in [9.17, 15) is 4.79 Å². The Labute approximate surface area is 93.4 Å². The standard InChI is InChI=1S/C13H13NO2/c1-8-10(6-13(15)14-8)11-7-16-12-5-3-2-4-9(11)12/h2-5,7-8,10H,6H2,1H3,(H,14,15). The van der Waals surface area contributed by atoms with Crippen molar-refractivity contribution in [1.82, 2.24) is 5.32 Å². The van der Waals surface area contributed by atoms with Gasteiger partial charge in [0, 0.05) is 29.3 Å². The Balaban J connectivity index is 2.09. The number of para-hydroxylation sites is 1. The average molecular weight is 215 g/mol. The van der Waals surface area contributed by atoms with E-state index in [1.807, 2.05) is 31.2 Å². The third-order valence-electron chi connectivity index (χ3n) is 3.31. The summed E-state index contributed by atoms with van der Waals surface area (Å²) in [5.74, 6) is 0.360. The van der Waals surface area contributed by atoms with Crippen molar-refractivity contribution in [2.45, 2.75) is 25.3 Å². The largest absolute Gasteiger partial charge is 0.464 e. The first-order valence-electron chi connectivity index (χ1n) is 5.51. The number of rotatable bonds is 1. The van der Waals surface area contributed by atoms with Crippen LogP contribution < -0.4 is 5.32 Å². The van der Waals surface area contributed by atoms with Gasteiger partial charge in [0.1, 0.15) is 5.58 Å². The summed E-state index contributed by atoms with van der Waals surface area (Å²) < 4.78 is 5.51. The first-order chi connectivity index (χ1) is 7.75. The third-order valence-corrected chi connectivity index (χ3v) is 3.31. The number of carbonyl (C=O) groups is 1. The Kier molecular flexibility index (Phi) is 1.99. The van der Waals surface area contributed by atoms with Gasteiger partial charge in [0.05, 0.1) is 6.26 Å². The normalized spacial score (nSPS) is 24.9. The summed E-state index contributed by atoms with van der Waals surface area (Å²) in [6, 6.07) is 8.14. The van der Waals surface area contributed by atoms with E-state index >= 15 is 0 Å². The molecule has 1 aromatic heterocycles. The number of fused-ring (bicyclic) bond motifs is 1. The fraction of sp³-hybridized carbons (Fsp3) is 0.308. The average Bonchev–Trinajstić information content (AvgIpc) is 2.81. The molecule has 2 heterocycles. The molecule has 16 heavy (non-hydrogen) atoms. The molecule has 1 amide bonds. The van der Waals surface area contributed by atoms with Crippen LogP contribution in [0.2, 0.25) is 0 Å². The molecule has 2 atom stereocenters. The highest BCUT2D eigenvalue weighted by atomic mass is 16.3. The Morgan fingerprint density at radius 2 is 2.19 bits per heavy atom. The molecular formula is C13H13NO2. The highest BCUT2D eigenvalue weighted by Crippen LogP contribution is 2.34. The lowest BCUT2D eigenvalue weighted by Gasteiger charge is -2.12. The van der Waals surface area contributed by atoms with Crippen LogP contribution in [0.4, 0.5) is 0 Å². The van der Waals surface area contributed by atoms with Crippen molar-refractivity contribution in [2.75, 3.05) is 0 Å². The van der Waals surface area contributed by atoms with Gasteiger partial charge in [-0.2, -0.15) is 0 Å². The molecule has 1 aliphatic heterocycles. The van der Waals surface area contributed by atoms with Crippen LogP contribution in [0.15, 0.2) is 34.9 Å². The van der Waals surface area contributed by atoms with Gasteiger partial charge in [0.2, 0.25) is 5.91 Å². The monoisotopic (exact) mass is 215 g/mol. The fourth-order valence-corrected chi connectivity index (χ4v) is 2.45.